The lowest BCUT2D eigenvalue weighted by Crippen LogP contribution is -2.54. The molecule has 0 aromatic carbocycles. The van der Waals surface area contributed by atoms with E-state index in [9.17, 15) is 29.7 Å². The maximum Gasteiger partial charge on any atom is 0.344 e. The number of nitrogens with zero attached hydrogens (tertiary/aromatic N) is 2. The van der Waals surface area contributed by atoms with Crippen LogP contribution in [0.3, 0.4) is 0 Å². The van der Waals surface area contributed by atoms with Crippen LogP contribution in [0.25, 0.3) is 11.0 Å². The summed E-state index contributed by atoms with van der Waals surface area (Å²) in [6.07, 6.45) is 0.526. The second-order valence-corrected chi connectivity index (χ2v) is 11.6. The standard InChI is InChI=1S/C28H43N9O8/c1-4-12(5-2)19(35-11(3)38)18-15(37-28(30)31)6-13(23(18)40)27(43)45-9-17(39)44-8-16-24(41)25(42)21(36-16)14-7-32-22-20(14)33-10-34-26(22)29/h7,10,12-13,15-16,18-19,21,23-25,32,36,40-42H,4-6,8-9H2,1-3H3,(H,35,38)(H2,29,33,34)(H4,30,31,37)/t13-,15+,16+,18+,19-,21-,23+,24+,25-/m0/s1. The van der Waals surface area contributed by atoms with E-state index in [1.54, 1.807) is 6.20 Å². The minimum Gasteiger partial charge on any atom is -0.461 e. The molecule has 12 N–H and O–H groups in total. The Hall–Kier alpha value is -4.06. The number of aliphatic hydroxyl groups excluding tert-OH is 3. The first-order chi connectivity index (χ1) is 21.4. The number of carbonyl (C=O) groups is 3. The summed E-state index contributed by atoms with van der Waals surface area (Å²) in [5.74, 6) is -3.92. The van der Waals surface area contributed by atoms with Gasteiger partial charge in [0.2, 0.25) is 5.91 Å². The van der Waals surface area contributed by atoms with Crippen LogP contribution in [0.4, 0.5) is 5.82 Å². The van der Waals surface area contributed by atoms with E-state index in [0.717, 1.165) is 0 Å². The largest absolute Gasteiger partial charge is 0.461 e. The zero-order chi connectivity index (χ0) is 33.0. The molecule has 1 aliphatic heterocycles. The van der Waals surface area contributed by atoms with Crippen LogP contribution in [0.1, 0.15) is 51.6 Å². The van der Waals surface area contributed by atoms with E-state index in [4.69, 9.17) is 26.4 Å². The summed E-state index contributed by atoms with van der Waals surface area (Å²) in [4.78, 5) is 48.7. The monoisotopic (exact) mass is 633 g/mol. The van der Waals surface area contributed by atoms with Crippen molar-refractivity contribution in [2.45, 2.75) is 82.5 Å². The second kappa shape index (κ2) is 14.4. The number of carbonyl (C=O) groups excluding carboxylic acids is 3. The molecule has 0 spiro atoms. The number of anilines is 1. The van der Waals surface area contributed by atoms with E-state index in [-0.39, 0.29) is 36.6 Å². The number of nitrogen functional groups attached to an aromatic ring is 1. The van der Waals surface area contributed by atoms with Gasteiger partial charge in [-0.3, -0.25) is 20.3 Å². The minimum atomic E-state index is -1.29. The van der Waals surface area contributed by atoms with Crippen molar-refractivity contribution in [3.63, 3.8) is 0 Å². The molecule has 17 nitrogen and oxygen atoms in total. The third kappa shape index (κ3) is 7.27. The molecule has 9 atom stereocenters. The lowest BCUT2D eigenvalue weighted by molar-refractivity contribution is -0.164. The highest BCUT2D eigenvalue weighted by Crippen LogP contribution is 2.38. The van der Waals surface area contributed by atoms with Crippen molar-refractivity contribution < 1.29 is 39.2 Å². The van der Waals surface area contributed by atoms with Gasteiger partial charge >= 0.3 is 11.9 Å². The highest BCUT2D eigenvalue weighted by Gasteiger charge is 2.51. The van der Waals surface area contributed by atoms with E-state index in [1.807, 2.05) is 13.8 Å². The van der Waals surface area contributed by atoms with Gasteiger partial charge in [-0.05, 0) is 12.3 Å². The number of hydrogen-bond acceptors (Lipinski definition) is 13. The predicted octanol–water partition coefficient (Wildman–Crippen LogP) is -1.85. The number of aliphatic hydroxyl groups is 3. The van der Waals surface area contributed by atoms with Crippen LogP contribution in [-0.4, -0.2) is 104 Å². The van der Waals surface area contributed by atoms with Crippen molar-refractivity contribution in [3.8, 4) is 0 Å². The van der Waals surface area contributed by atoms with Gasteiger partial charge in [0.05, 0.1) is 29.6 Å². The molecule has 0 bridgehead atoms. The molecule has 2 aromatic rings. The highest BCUT2D eigenvalue weighted by molar-refractivity contribution is 5.87. The number of nitrogens with two attached hydrogens (primary N) is 2. The lowest BCUT2D eigenvalue weighted by atomic mass is 9.80. The summed E-state index contributed by atoms with van der Waals surface area (Å²) >= 11 is 0. The summed E-state index contributed by atoms with van der Waals surface area (Å²) < 4.78 is 10.4. The molecule has 1 amide bonds. The molecule has 4 rings (SSSR count). The van der Waals surface area contributed by atoms with Gasteiger partial charge in [0.25, 0.3) is 0 Å². The Morgan fingerprint density at radius 2 is 1.84 bits per heavy atom. The fourth-order valence-corrected chi connectivity index (χ4v) is 6.65. The van der Waals surface area contributed by atoms with Crippen LogP contribution in [0.5, 0.6) is 0 Å². The van der Waals surface area contributed by atoms with Crippen molar-refractivity contribution in [1.82, 2.24) is 30.9 Å². The van der Waals surface area contributed by atoms with Gasteiger partial charge in [-0.25, -0.2) is 14.8 Å². The predicted molar refractivity (Wildman–Crippen MR) is 160 cm³/mol. The van der Waals surface area contributed by atoms with E-state index < -0.39 is 72.9 Å². The van der Waals surface area contributed by atoms with Gasteiger partial charge < -0.3 is 51.9 Å². The molecular formula is C28H43N9O8. The van der Waals surface area contributed by atoms with Crippen LogP contribution in [0.15, 0.2) is 12.5 Å². The van der Waals surface area contributed by atoms with Crippen molar-refractivity contribution in [3.05, 3.63) is 18.1 Å². The number of H-pyrrole nitrogens is 1. The average Bonchev–Trinajstić information content (AvgIpc) is 3.64. The Balaban J connectivity index is 1.35. The van der Waals surface area contributed by atoms with Gasteiger partial charge in [-0.2, -0.15) is 0 Å². The van der Waals surface area contributed by atoms with Crippen LogP contribution in [0, 0.1) is 23.2 Å². The van der Waals surface area contributed by atoms with Gasteiger partial charge in [-0.15, -0.1) is 0 Å². The van der Waals surface area contributed by atoms with Crippen LogP contribution >= 0.6 is 0 Å². The molecule has 1 saturated carbocycles. The Morgan fingerprint density at radius 3 is 2.49 bits per heavy atom. The summed E-state index contributed by atoms with van der Waals surface area (Å²) in [5, 5.41) is 49.0. The SMILES string of the molecule is CCC(CC)[C@H](NC(C)=O)[C@@H]1[C@H](O)[C@@H](C(=O)OCC(=O)OC[C@H]2N[C@@H](c3c[nH]c4c(N)ncnc34)[C@H](O)[C@@H]2O)C[C@H]1NC(=N)N. The number of esters is 2. The number of nitrogens with one attached hydrogen (secondary N) is 5. The third-order valence-electron chi connectivity index (χ3n) is 8.87. The van der Waals surface area contributed by atoms with Crippen molar-refractivity contribution in [2.24, 2.45) is 23.5 Å². The topological polar surface area (TPSA) is 284 Å². The van der Waals surface area contributed by atoms with E-state index in [0.29, 0.717) is 29.4 Å². The molecule has 45 heavy (non-hydrogen) atoms. The Bertz CT molecular complexity index is 1380. The van der Waals surface area contributed by atoms with Crippen LogP contribution in [0.2, 0.25) is 0 Å². The van der Waals surface area contributed by atoms with Crippen molar-refractivity contribution in [2.75, 3.05) is 18.9 Å². The van der Waals surface area contributed by atoms with Gasteiger partial charge in [0.15, 0.2) is 18.4 Å². The number of fused-ring (bicyclic) bond motifs is 1. The van der Waals surface area contributed by atoms with Gasteiger partial charge in [0.1, 0.15) is 30.7 Å². The smallest absolute Gasteiger partial charge is 0.344 e. The third-order valence-corrected chi connectivity index (χ3v) is 8.87. The number of guanidine groups is 1. The summed E-state index contributed by atoms with van der Waals surface area (Å²) in [7, 11) is 0. The number of ether oxygens (including phenoxy) is 2. The fraction of sp³-hybridized carbons (Fsp3) is 0.643. The molecule has 2 aliphatic rings. The van der Waals surface area contributed by atoms with E-state index in [2.05, 4.69) is 30.9 Å². The molecule has 2 aromatic heterocycles. The first-order valence-electron chi connectivity index (χ1n) is 14.9. The molecule has 1 aliphatic carbocycles. The fourth-order valence-electron chi connectivity index (χ4n) is 6.65. The number of aromatic amines is 1. The Kier molecular flexibility index (Phi) is 10.8. The quantitative estimate of drug-likeness (QED) is 0.0698. The lowest BCUT2D eigenvalue weighted by Gasteiger charge is -2.36. The molecule has 0 unspecified atom stereocenters. The number of amides is 1. The van der Waals surface area contributed by atoms with Crippen molar-refractivity contribution in [1.29, 1.82) is 5.41 Å². The summed E-state index contributed by atoms with van der Waals surface area (Å²) in [6.45, 7) is 4.20. The Morgan fingerprint density at radius 1 is 1.13 bits per heavy atom. The number of aromatic nitrogens is 3. The average molecular weight is 634 g/mol. The minimum absolute atomic E-state index is 0.0189. The normalized spacial score (nSPS) is 28.6. The van der Waals surface area contributed by atoms with Crippen LogP contribution < -0.4 is 27.4 Å². The maximum atomic E-state index is 13.1. The van der Waals surface area contributed by atoms with Gasteiger partial charge in [0, 0.05) is 36.7 Å². The maximum absolute atomic E-state index is 13.1. The first-order valence-corrected chi connectivity index (χ1v) is 14.9. The first kappa shape index (κ1) is 33.8. The summed E-state index contributed by atoms with van der Waals surface area (Å²) in [5.41, 5.74) is 13.0. The zero-order valence-corrected chi connectivity index (χ0v) is 25.4. The zero-order valence-electron chi connectivity index (χ0n) is 25.4. The van der Waals surface area contributed by atoms with E-state index in [1.165, 1.54) is 13.3 Å². The highest BCUT2D eigenvalue weighted by atomic mass is 16.6. The number of hydrogen-bond donors (Lipinski definition) is 10. The molecule has 17 heteroatoms. The Labute approximate surface area is 259 Å². The van der Waals surface area contributed by atoms with Crippen molar-refractivity contribution >= 4 is 40.7 Å². The summed E-state index contributed by atoms with van der Waals surface area (Å²) in [6, 6.07) is -2.72. The number of rotatable bonds is 12. The molecule has 1 saturated heterocycles. The van der Waals surface area contributed by atoms with Crippen LogP contribution in [-0.2, 0) is 23.9 Å². The van der Waals surface area contributed by atoms with E-state index >= 15 is 0 Å². The molecule has 0 radical (unpaired) electrons. The second-order valence-electron chi connectivity index (χ2n) is 11.6. The van der Waals surface area contributed by atoms with Gasteiger partial charge in [-0.1, -0.05) is 26.7 Å². The molecule has 3 heterocycles. The molecule has 248 valence electrons. The molecular weight excluding hydrogens is 590 g/mol. The molecule has 2 fully saturated rings.